The molecule has 2 rings (SSSR count). The predicted octanol–water partition coefficient (Wildman–Crippen LogP) is 4.61. The van der Waals surface area contributed by atoms with Gasteiger partial charge in [0.25, 0.3) is 0 Å². The minimum Gasteiger partial charge on any atom is -0.494 e. The van der Waals surface area contributed by atoms with Crippen LogP contribution in [0.25, 0.3) is 0 Å². The SMILES string of the molecule is CCCCOc1ccc(CCc2ccc(CC)nc2)cc1. The van der Waals surface area contributed by atoms with Crippen LogP contribution in [0, 0.1) is 0 Å². The van der Waals surface area contributed by atoms with E-state index in [2.05, 4.69) is 55.2 Å². The Morgan fingerprint density at radius 1 is 0.905 bits per heavy atom. The Morgan fingerprint density at radius 2 is 1.62 bits per heavy atom. The summed E-state index contributed by atoms with van der Waals surface area (Å²) >= 11 is 0. The first-order valence-electron chi connectivity index (χ1n) is 7.97. The number of aromatic nitrogens is 1. The quantitative estimate of drug-likeness (QED) is 0.660. The number of aryl methyl sites for hydroxylation is 3. The van der Waals surface area contributed by atoms with Crippen LogP contribution in [0.2, 0.25) is 0 Å². The Balaban J connectivity index is 1.82. The molecule has 1 heterocycles. The lowest BCUT2D eigenvalue weighted by Crippen LogP contribution is -1.97. The molecule has 21 heavy (non-hydrogen) atoms. The molecule has 0 N–H and O–H groups in total. The average molecular weight is 283 g/mol. The third-order valence-electron chi connectivity index (χ3n) is 3.64. The lowest BCUT2D eigenvalue weighted by molar-refractivity contribution is 0.309. The third kappa shape index (κ3) is 5.22. The maximum absolute atomic E-state index is 5.68. The van der Waals surface area contributed by atoms with Crippen molar-refractivity contribution in [3.8, 4) is 5.75 Å². The molecule has 0 unspecified atom stereocenters. The first-order valence-corrected chi connectivity index (χ1v) is 7.97. The van der Waals surface area contributed by atoms with Crippen molar-refractivity contribution in [2.24, 2.45) is 0 Å². The molecule has 0 saturated carbocycles. The molecule has 2 nitrogen and oxygen atoms in total. The van der Waals surface area contributed by atoms with E-state index in [4.69, 9.17) is 4.74 Å². The van der Waals surface area contributed by atoms with Crippen LogP contribution < -0.4 is 4.74 Å². The van der Waals surface area contributed by atoms with E-state index in [0.717, 1.165) is 43.7 Å². The topological polar surface area (TPSA) is 22.1 Å². The van der Waals surface area contributed by atoms with Gasteiger partial charge in [-0.15, -0.1) is 0 Å². The van der Waals surface area contributed by atoms with E-state index in [0.29, 0.717) is 0 Å². The summed E-state index contributed by atoms with van der Waals surface area (Å²) in [4.78, 5) is 4.45. The van der Waals surface area contributed by atoms with E-state index < -0.39 is 0 Å². The smallest absolute Gasteiger partial charge is 0.119 e. The van der Waals surface area contributed by atoms with Crippen LogP contribution in [-0.2, 0) is 19.3 Å². The van der Waals surface area contributed by atoms with E-state index >= 15 is 0 Å². The Kier molecular flexibility index (Phi) is 6.26. The zero-order valence-electron chi connectivity index (χ0n) is 13.1. The molecule has 0 fully saturated rings. The third-order valence-corrected chi connectivity index (χ3v) is 3.64. The molecule has 1 aromatic carbocycles. The van der Waals surface area contributed by atoms with Crippen molar-refractivity contribution in [2.45, 2.75) is 46.0 Å². The van der Waals surface area contributed by atoms with Crippen LogP contribution in [0.4, 0.5) is 0 Å². The van der Waals surface area contributed by atoms with Crippen molar-refractivity contribution < 1.29 is 4.74 Å². The van der Waals surface area contributed by atoms with Gasteiger partial charge >= 0.3 is 0 Å². The molecule has 112 valence electrons. The van der Waals surface area contributed by atoms with Gasteiger partial charge in [0.05, 0.1) is 6.61 Å². The minimum absolute atomic E-state index is 0.811. The van der Waals surface area contributed by atoms with Gasteiger partial charge in [-0.25, -0.2) is 0 Å². The van der Waals surface area contributed by atoms with Gasteiger partial charge in [-0.05, 0) is 55.0 Å². The van der Waals surface area contributed by atoms with Crippen molar-refractivity contribution in [3.63, 3.8) is 0 Å². The Bertz CT molecular complexity index is 516. The lowest BCUT2D eigenvalue weighted by Gasteiger charge is -2.07. The molecule has 0 radical (unpaired) electrons. The number of rotatable bonds is 8. The molecule has 0 amide bonds. The fourth-order valence-corrected chi connectivity index (χ4v) is 2.19. The summed E-state index contributed by atoms with van der Waals surface area (Å²) in [5, 5.41) is 0. The standard InChI is InChI=1S/C19H25NO/c1-3-5-14-21-19-12-9-16(10-13-19)6-7-17-8-11-18(4-2)20-15-17/h8-13,15H,3-7,14H2,1-2H3. The van der Waals surface area contributed by atoms with Gasteiger partial charge in [0, 0.05) is 11.9 Å². The van der Waals surface area contributed by atoms with Gasteiger partial charge in [0.1, 0.15) is 5.75 Å². The summed E-state index contributed by atoms with van der Waals surface area (Å²) < 4.78 is 5.68. The van der Waals surface area contributed by atoms with Crippen LogP contribution in [0.1, 0.15) is 43.5 Å². The highest BCUT2D eigenvalue weighted by Crippen LogP contribution is 2.14. The number of hydrogen-bond acceptors (Lipinski definition) is 2. The maximum Gasteiger partial charge on any atom is 0.119 e. The zero-order valence-corrected chi connectivity index (χ0v) is 13.1. The van der Waals surface area contributed by atoms with E-state index in [1.807, 2.05) is 6.20 Å². The van der Waals surface area contributed by atoms with Gasteiger partial charge in [-0.1, -0.05) is 38.5 Å². The summed E-state index contributed by atoms with van der Waals surface area (Å²) in [5.74, 6) is 0.973. The number of benzene rings is 1. The van der Waals surface area contributed by atoms with Crippen molar-refractivity contribution in [1.82, 2.24) is 4.98 Å². The molecule has 0 saturated heterocycles. The van der Waals surface area contributed by atoms with E-state index in [1.54, 1.807) is 0 Å². The number of ether oxygens (including phenoxy) is 1. The van der Waals surface area contributed by atoms with Crippen LogP contribution in [0.3, 0.4) is 0 Å². The highest BCUT2D eigenvalue weighted by Gasteiger charge is 1.99. The van der Waals surface area contributed by atoms with Crippen LogP contribution in [0.15, 0.2) is 42.6 Å². The molecule has 0 bridgehead atoms. The fourth-order valence-electron chi connectivity index (χ4n) is 2.19. The molecule has 0 atom stereocenters. The van der Waals surface area contributed by atoms with Crippen molar-refractivity contribution in [3.05, 3.63) is 59.4 Å². The van der Waals surface area contributed by atoms with Gasteiger partial charge in [-0.2, -0.15) is 0 Å². The second-order valence-electron chi connectivity index (χ2n) is 5.36. The molecular weight excluding hydrogens is 258 g/mol. The lowest BCUT2D eigenvalue weighted by atomic mass is 10.1. The van der Waals surface area contributed by atoms with Gasteiger partial charge in [-0.3, -0.25) is 4.98 Å². The van der Waals surface area contributed by atoms with Gasteiger partial charge in [0.15, 0.2) is 0 Å². The summed E-state index contributed by atoms with van der Waals surface area (Å²) in [6.07, 6.45) is 7.36. The summed E-state index contributed by atoms with van der Waals surface area (Å²) in [6, 6.07) is 12.8. The molecule has 2 heteroatoms. The molecular formula is C19H25NO. The highest BCUT2D eigenvalue weighted by atomic mass is 16.5. The first kappa shape index (κ1) is 15.6. The Hall–Kier alpha value is -1.83. The van der Waals surface area contributed by atoms with Crippen molar-refractivity contribution in [2.75, 3.05) is 6.61 Å². The summed E-state index contributed by atoms with van der Waals surface area (Å²) in [5.41, 5.74) is 3.81. The maximum atomic E-state index is 5.68. The number of hydrogen-bond donors (Lipinski definition) is 0. The highest BCUT2D eigenvalue weighted by molar-refractivity contribution is 5.28. The Morgan fingerprint density at radius 3 is 2.24 bits per heavy atom. The van der Waals surface area contributed by atoms with Crippen molar-refractivity contribution >= 4 is 0 Å². The summed E-state index contributed by atoms with van der Waals surface area (Å²) in [6.45, 7) is 5.12. The number of unbranched alkanes of at least 4 members (excludes halogenated alkanes) is 1. The molecule has 1 aromatic heterocycles. The average Bonchev–Trinajstić information content (AvgIpc) is 2.55. The molecule has 0 spiro atoms. The van der Waals surface area contributed by atoms with Crippen molar-refractivity contribution in [1.29, 1.82) is 0 Å². The fraction of sp³-hybridized carbons (Fsp3) is 0.421. The predicted molar refractivity (Wildman–Crippen MR) is 87.9 cm³/mol. The van der Waals surface area contributed by atoms with E-state index in [1.165, 1.54) is 17.5 Å². The van der Waals surface area contributed by atoms with Crippen LogP contribution in [0.5, 0.6) is 5.75 Å². The van der Waals surface area contributed by atoms with E-state index in [-0.39, 0.29) is 0 Å². The minimum atomic E-state index is 0.811. The first-order chi connectivity index (χ1) is 10.3. The van der Waals surface area contributed by atoms with E-state index in [9.17, 15) is 0 Å². The zero-order chi connectivity index (χ0) is 14.9. The molecule has 2 aromatic rings. The van der Waals surface area contributed by atoms with Crippen LogP contribution in [-0.4, -0.2) is 11.6 Å². The molecule has 0 aliphatic rings. The Labute approximate surface area is 128 Å². The molecule has 0 aliphatic heterocycles. The molecule has 0 aliphatic carbocycles. The van der Waals surface area contributed by atoms with Gasteiger partial charge in [0.2, 0.25) is 0 Å². The second kappa shape index (κ2) is 8.46. The summed E-state index contributed by atoms with van der Waals surface area (Å²) in [7, 11) is 0. The second-order valence-corrected chi connectivity index (χ2v) is 5.36. The number of pyridine rings is 1. The normalized spacial score (nSPS) is 10.6. The van der Waals surface area contributed by atoms with Gasteiger partial charge < -0.3 is 4.74 Å². The monoisotopic (exact) mass is 283 g/mol. The number of nitrogens with zero attached hydrogens (tertiary/aromatic N) is 1. The largest absolute Gasteiger partial charge is 0.494 e. The van der Waals surface area contributed by atoms with Crippen LogP contribution >= 0.6 is 0 Å².